The predicted molar refractivity (Wildman–Crippen MR) is 71.1 cm³/mol. The average molecular weight is 247 g/mol. The van der Waals surface area contributed by atoms with Crippen LogP contribution in [-0.2, 0) is 16.1 Å². The fourth-order valence-corrected chi connectivity index (χ4v) is 2.57. The molecule has 1 aliphatic carbocycles. The minimum atomic E-state index is -0.453. The van der Waals surface area contributed by atoms with Crippen LogP contribution in [0.2, 0.25) is 0 Å². The SMILES string of the molecule is CCOC(=O)C1(NCc2ccccc2)CCCC1. The topological polar surface area (TPSA) is 38.3 Å². The van der Waals surface area contributed by atoms with Crippen molar-refractivity contribution in [2.75, 3.05) is 6.61 Å². The lowest BCUT2D eigenvalue weighted by atomic mass is 9.97. The Morgan fingerprint density at radius 2 is 1.94 bits per heavy atom. The number of carbonyl (C=O) groups is 1. The van der Waals surface area contributed by atoms with Gasteiger partial charge in [0.2, 0.25) is 0 Å². The summed E-state index contributed by atoms with van der Waals surface area (Å²) in [5, 5.41) is 3.42. The van der Waals surface area contributed by atoms with Gasteiger partial charge in [-0.15, -0.1) is 0 Å². The number of benzene rings is 1. The molecule has 0 amide bonds. The van der Waals surface area contributed by atoms with Crippen LogP contribution in [0.4, 0.5) is 0 Å². The summed E-state index contributed by atoms with van der Waals surface area (Å²) in [7, 11) is 0. The summed E-state index contributed by atoms with van der Waals surface area (Å²) in [6.07, 6.45) is 3.97. The van der Waals surface area contributed by atoms with E-state index in [9.17, 15) is 4.79 Å². The van der Waals surface area contributed by atoms with E-state index in [1.807, 2.05) is 25.1 Å². The minimum Gasteiger partial charge on any atom is -0.465 e. The third-order valence-corrected chi connectivity index (χ3v) is 3.60. The second-order valence-corrected chi connectivity index (χ2v) is 4.85. The maximum atomic E-state index is 12.1. The number of hydrogen-bond donors (Lipinski definition) is 1. The second-order valence-electron chi connectivity index (χ2n) is 4.85. The molecule has 0 aliphatic heterocycles. The van der Waals surface area contributed by atoms with Gasteiger partial charge < -0.3 is 4.74 Å². The fraction of sp³-hybridized carbons (Fsp3) is 0.533. The molecule has 2 rings (SSSR count). The van der Waals surface area contributed by atoms with Crippen LogP contribution < -0.4 is 5.32 Å². The van der Waals surface area contributed by atoms with Gasteiger partial charge in [0.15, 0.2) is 0 Å². The Hall–Kier alpha value is -1.35. The molecule has 0 spiro atoms. The Labute approximate surface area is 109 Å². The number of nitrogens with one attached hydrogen (secondary N) is 1. The van der Waals surface area contributed by atoms with E-state index in [-0.39, 0.29) is 5.97 Å². The molecule has 0 heterocycles. The van der Waals surface area contributed by atoms with Crippen molar-refractivity contribution in [3.05, 3.63) is 35.9 Å². The average Bonchev–Trinajstić information content (AvgIpc) is 2.88. The molecule has 1 aromatic rings. The molecule has 3 nitrogen and oxygen atoms in total. The lowest BCUT2D eigenvalue weighted by molar-refractivity contribution is -0.151. The summed E-state index contributed by atoms with van der Waals surface area (Å²) >= 11 is 0. The predicted octanol–water partition coefficient (Wildman–Crippen LogP) is 2.65. The molecule has 1 saturated carbocycles. The zero-order valence-electron chi connectivity index (χ0n) is 10.9. The molecule has 0 radical (unpaired) electrons. The summed E-state index contributed by atoms with van der Waals surface area (Å²) in [5.74, 6) is -0.0848. The summed E-state index contributed by atoms with van der Waals surface area (Å²) in [6, 6.07) is 10.2. The Bertz CT molecular complexity index is 383. The molecule has 3 heteroatoms. The third kappa shape index (κ3) is 2.91. The molecule has 98 valence electrons. The van der Waals surface area contributed by atoms with Gasteiger partial charge in [-0.2, -0.15) is 0 Å². The van der Waals surface area contributed by atoms with Gasteiger partial charge in [-0.3, -0.25) is 10.1 Å². The number of carbonyl (C=O) groups excluding carboxylic acids is 1. The van der Waals surface area contributed by atoms with Gasteiger partial charge >= 0.3 is 5.97 Å². The van der Waals surface area contributed by atoms with E-state index >= 15 is 0 Å². The third-order valence-electron chi connectivity index (χ3n) is 3.60. The van der Waals surface area contributed by atoms with Crippen LogP contribution in [0.3, 0.4) is 0 Å². The van der Waals surface area contributed by atoms with Gasteiger partial charge in [-0.05, 0) is 25.3 Å². The summed E-state index contributed by atoms with van der Waals surface area (Å²) in [6.45, 7) is 3.03. The monoisotopic (exact) mass is 247 g/mol. The standard InChI is InChI=1S/C15H21NO2/c1-2-18-14(17)15(10-6-7-11-15)16-12-13-8-4-3-5-9-13/h3-5,8-9,16H,2,6-7,10-12H2,1H3. The first-order chi connectivity index (χ1) is 8.77. The number of ether oxygens (including phenoxy) is 1. The van der Waals surface area contributed by atoms with Crippen molar-refractivity contribution in [2.45, 2.75) is 44.7 Å². The van der Waals surface area contributed by atoms with Crippen LogP contribution in [-0.4, -0.2) is 18.1 Å². The Balaban J connectivity index is 2.00. The molecule has 1 N–H and O–H groups in total. The van der Waals surface area contributed by atoms with Crippen molar-refractivity contribution in [3.63, 3.8) is 0 Å². The first-order valence-electron chi connectivity index (χ1n) is 6.73. The van der Waals surface area contributed by atoms with E-state index in [2.05, 4.69) is 17.4 Å². The molecule has 0 atom stereocenters. The van der Waals surface area contributed by atoms with Gasteiger partial charge in [-0.25, -0.2) is 0 Å². The van der Waals surface area contributed by atoms with Crippen molar-refractivity contribution in [3.8, 4) is 0 Å². The molecular formula is C15H21NO2. The highest BCUT2D eigenvalue weighted by Gasteiger charge is 2.41. The molecule has 0 unspecified atom stereocenters. The van der Waals surface area contributed by atoms with Gasteiger partial charge in [0.25, 0.3) is 0 Å². The highest BCUT2D eigenvalue weighted by atomic mass is 16.5. The van der Waals surface area contributed by atoms with E-state index < -0.39 is 5.54 Å². The van der Waals surface area contributed by atoms with Gasteiger partial charge in [0.1, 0.15) is 5.54 Å². The summed E-state index contributed by atoms with van der Waals surface area (Å²) in [4.78, 5) is 12.1. The summed E-state index contributed by atoms with van der Waals surface area (Å²) < 4.78 is 5.22. The smallest absolute Gasteiger partial charge is 0.326 e. The molecule has 1 fully saturated rings. The first kappa shape index (κ1) is 13.1. The maximum absolute atomic E-state index is 12.1. The lowest BCUT2D eigenvalue weighted by Crippen LogP contribution is -2.50. The molecule has 0 aromatic heterocycles. The number of rotatable bonds is 5. The van der Waals surface area contributed by atoms with E-state index in [0.717, 1.165) is 32.2 Å². The van der Waals surface area contributed by atoms with E-state index in [1.54, 1.807) is 0 Å². The zero-order valence-corrected chi connectivity index (χ0v) is 10.9. The minimum absolute atomic E-state index is 0.0848. The van der Waals surface area contributed by atoms with Crippen molar-refractivity contribution in [2.24, 2.45) is 0 Å². The molecule has 18 heavy (non-hydrogen) atoms. The molecule has 0 saturated heterocycles. The lowest BCUT2D eigenvalue weighted by Gasteiger charge is -2.28. The van der Waals surface area contributed by atoms with Gasteiger partial charge in [-0.1, -0.05) is 43.2 Å². The first-order valence-corrected chi connectivity index (χ1v) is 6.73. The Morgan fingerprint density at radius 3 is 2.56 bits per heavy atom. The van der Waals surface area contributed by atoms with Crippen molar-refractivity contribution in [1.29, 1.82) is 0 Å². The maximum Gasteiger partial charge on any atom is 0.326 e. The molecular weight excluding hydrogens is 226 g/mol. The molecule has 1 aromatic carbocycles. The molecule has 1 aliphatic rings. The number of hydrogen-bond acceptors (Lipinski definition) is 3. The normalized spacial score (nSPS) is 17.6. The largest absolute Gasteiger partial charge is 0.465 e. The highest BCUT2D eigenvalue weighted by molar-refractivity contribution is 5.81. The molecule has 0 bridgehead atoms. The van der Waals surface area contributed by atoms with Crippen LogP contribution in [0, 0.1) is 0 Å². The van der Waals surface area contributed by atoms with Crippen LogP contribution in [0.15, 0.2) is 30.3 Å². The fourth-order valence-electron chi connectivity index (χ4n) is 2.57. The van der Waals surface area contributed by atoms with Gasteiger partial charge in [0, 0.05) is 6.54 Å². The Kier molecular flexibility index (Phi) is 4.37. The second kappa shape index (κ2) is 6.01. The van der Waals surface area contributed by atoms with E-state index in [1.165, 1.54) is 5.56 Å². The number of esters is 1. The van der Waals surface area contributed by atoms with Crippen LogP contribution in [0.5, 0.6) is 0 Å². The van der Waals surface area contributed by atoms with Crippen LogP contribution in [0.25, 0.3) is 0 Å². The zero-order chi connectivity index (χ0) is 12.8. The highest BCUT2D eigenvalue weighted by Crippen LogP contribution is 2.31. The van der Waals surface area contributed by atoms with Gasteiger partial charge in [0.05, 0.1) is 6.61 Å². The van der Waals surface area contributed by atoms with Crippen molar-refractivity contribution >= 4 is 5.97 Å². The quantitative estimate of drug-likeness (QED) is 0.813. The van der Waals surface area contributed by atoms with E-state index in [4.69, 9.17) is 4.74 Å². The van der Waals surface area contributed by atoms with Crippen molar-refractivity contribution < 1.29 is 9.53 Å². The van der Waals surface area contributed by atoms with Crippen LogP contribution in [0.1, 0.15) is 38.2 Å². The van der Waals surface area contributed by atoms with Crippen LogP contribution >= 0.6 is 0 Å². The Morgan fingerprint density at radius 1 is 1.28 bits per heavy atom. The summed E-state index contributed by atoms with van der Waals surface area (Å²) in [5.41, 5.74) is 0.749. The van der Waals surface area contributed by atoms with Crippen molar-refractivity contribution in [1.82, 2.24) is 5.32 Å². The van der Waals surface area contributed by atoms with E-state index in [0.29, 0.717) is 6.61 Å².